The van der Waals surface area contributed by atoms with Gasteiger partial charge in [-0.3, -0.25) is 0 Å². The summed E-state index contributed by atoms with van der Waals surface area (Å²) in [7, 11) is 9.87. The van der Waals surface area contributed by atoms with Crippen molar-refractivity contribution in [1.82, 2.24) is 0 Å². The first-order valence-corrected chi connectivity index (χ1v) is 14.7. The zero-order chi connectivity index (χ0) is 20.3. The molecular weight excluding hydrogens is 426 g/mol. The van der Waals surface area contributed by atoms with Crippen LogP contribution in [0.1, 0.15) is 63.8 Å². The quantitative estimate of drug-likeness (QED) is 0.274. The van der Waals surface area contributed by atoms with Crippen LogP contribution in [0, 0.1) is 13.8 Å². The van der Waals surface area contributed by atoms with Crippen LogP contribution in [-0.2, 0) is 31.7 Å². The van der Waals surface area contributed by atoms with Crippen LogP contribution in [0.4, 0.5) is 0 Å². The molecule has 0 nitrogen and oxygen atoms in total. The van der Waals surface area contributed by atoms with E-state index in [-0.39, 0.29) is 0 Å². The van der Waals surface area contributed by atoms with Crippen molar-refractivity contribution in [3.63, 3.8) is 0 Å². The third kappa shape index (κ3) is 12.8. The summed E-state index contributed by atoms with van der Waals surface area (Å²) in [5.74, 6) is 0. The van der Waals surface area contributed by atoms with Crippen LogP contribution in [0.5, 0.6) is 0 Å². The zero-order valence-electron chi connectivity index (χ0n) is 17.1. The summed E-state index contributed by atoms with van der Waals surface area (Å²) in [6.07, 6.45) is 0. The summed E-state index contributed by atoms with van der Waals surface area (Å²) in [5.41, 5.74) is 6.23. The van der Waals surface area contributed by atoms with Gasteiger partial charge in [0, 0.05) is 0 Å². The maximum atomic E-state index is 4.93. The molecule has 0 atom stereocenters. The van der Waals surface area contributed by atoms with Crippen molar-refractivity contribution in [3.05, 3.63) is 71.8 Å². The van der Waals surface area contributed by atoms with Gasteiger partial charge in [0.15, 0.2) is 0 Å². The van der Waals surface area contributed by atoms with Crippen molar-refractivity contribution >= 4 is 17.0 Å². The van der Waals surface area contributed by atoms with Crippen molar-refractivity contribution in [3.8, 4) is 0 Å². The molecule has 2 aromatic rings. The average molecular weight is 461 g/mol. The van der Waals surface area contributed by atoms with Crippen LogP contribution in [0.25, 0.3) is 0 Å². The first-order valence-electron chi connectivity index (χ1n) is 8.35. The molecule has 0 spiro atoms. The molecule has 0 aromatic heterocycles. The van der Waals surface area contributed by atoms with E-state index in [0.29, 0.717) is 10.8 Å². The fourth-order valence-electron chi connectivity index (χ4n) is 2.06. The van der Waals surface area contributed by atoms with Crippen LogP contribution in [0.15, 0.2) is 49.6 Å². The Bertz CT molecular complexity index is 515. The number of aryl methyl sites for hydroxylation is 2. The van der Waals surface area contributed by atoms with E-state index in [2.05, 4.69) is 105 Å². The molecule has 0 heterocycles. The fourth-order valence-corrected chi connectivity index (χ4v) is 2.06. The first kappa shape index (κ1) is 27.1. The normalized spacial score (nSPS) is 10.2. The van der Waals surface area contributed by atoms with Crippen LogP contribution in [0.3, 0.4) is 0 Å². The van der Waals surface area contributed by atoms with Gasteiger partial charge in [-0.1, -0.05) is 66.2 Å². The third-order valence-electron chi connectivity index (χ3n) is 3.55. The Hall–Kier alpha value is -0.0969. The Kier molecular flexibility index (Phi) is 14.2. The summed E-state index contributed by atoms with van der Waals surface area (Å²) in [4.78, 5) is 0. The van der Waals surface area contributed by atoms with E-state index in [9.17, 15) is 0 Å². The molecule has 0 aliphatic heterocycles. The average Bonchev–Trinajstić information content (AvgIpc) is 3.10. The summed E-state index contributed by atoms with van der Waals surface area (Å²) in [6, 6.07) is 13.2. The van der Waals surface area contributed by atoms with Crippen LogP contribution >= 0.6 is 17.0 Å². The van der Waals surface area contributed by atoms with Gasteiger partial charge in [0.05, 0.1) is 0 Å². The molecule has 0 N–H and O–H groups in total. The van der Waals surface area contributed by atoms with E-state index < -0.39 is 20.8 Å². The first-order chi connectivity index (χ1) is 11.4. The third-order valence-corrected chi connectivity index (χ3v) is 3.55. The Morgan fingerprint density at radius 1 is 0.760 bits per heavy atom. The van der Waals surface area contributed by atoms with Gasteiger partial charge in [-0.05, 0) is 0 Å². The predicted octanol–water partition coefficient (Wildman–Crippen LogP) is 8.20. The molecule has 0 bridgehead atoms. The van der Waals surface area contributed by atoms with E-state index in [0.717, 1.165) is 0 Å². The molecule has 0 saturated heterocycles. The Morgan fingerprint density at radius 2 is 1.00 bits per heavy atom. The topological polar surface area (TPSA) is 0 Å². The second-order valence-electron chi connectivity index (χ2n) is 7.93. The van der Waals surface area contributed by atoms with Crippen LogP contribution < -0.4 is 0 Å². The molecule has 3 heteroatoms. The van der Waals surface area contributed by atoms with Gasteiger partial charge in [-0.2, -0.15) is 46.5 Å². The van der Waals surface area contributed by atoms with Gasteiger partial charge in [-0.15, -0.1) is 13.2 Å². The minimum absolute atomic E-state index is 0.314. The number of hydrogen-bond acceptors (Lipinski definition) is 0. The van der Waals surface area contributed by atoms with E-state index in [4.69, 9.17) is 17.0 Å². The number of halogens is 2. The predicted molar refractivity (Wildman–Crippen MR) is 114 cm³/mol. The molecule has 0 radical (unpaired) electrons. The SMILES string of the molecule is C=C.Cc1cc(C(C)(C)C)c[cH-]1.Cc1cc(C(C)(C)C)c[cH-]1.[Cl][Zr+2][Cl]. The summed E-state index contributed by atoms with van der Waals surface area (Å²) >= 11 is -0.826. The molecular formula is C22H34Cl2Zr. The van der Waals surface area contributed by atoms with Gasteiger partial charge >= 0.3 is 37.9 Å². The minimum atomic E-state index is -0.826. The fraction of sp³-hybridized carbons (Fsp3) is 0.455. The number of rotatable bonds is 0. The molecule has 2 rings (SSSR count). The Balaban J connectivity index is 0. The van der Waals surface area contributed by atoms with Crippen molar-refractivity contribution in [1.29, 1.82) is 0 Å². The number of hydrogen-bond donors (Lipinski definition) is 0. The molecule has 0 amide bonds. The second-order valence-corrected chi connectivity index (χ2v) is 11.7. The molecule has 2 aromatic carbocycles. The molecule has 25 heavy (non-hydrogen) atoms. The van der Waals surface area contributed by atoms with Crippen molar-refractivity contribution in [2.75, 3.05) is 0 Å². The Morgan fingerprint density at radius 3 is 1.08 bits per heavy atom. The van der Waals surface area contributed by atoms with E-state index >= 15 is 0 Å². The molecule has 0 aliphatic rings. The summed E-state index contributed by atoms with van der Waals surface area (Å²) in [5, 5.41) is 0. The molecule has 0 saturated carbocycles. The molecule has 140 valence electrons. The van der Waals surface area contributed by atoms with Crippen LogP contribution in [-0.4, -0.2) is 0 Å². The Labute approximate surface area is 175 Å². The van der Waals surface area contributed by atoms with Crippen LogP contribution in [0.2, 0.25) is 0 Å². The van der Waals surface area contributed by atoms with E-state index in [1.165, 1.54) is 22.3 Å². The van der Waals surface area contributed by atoms with Gasteiger partial charge in [0.1, 0.15) is 0 Å². The maximum absolute atomic E-state index is 4.93. The standard InChI is InChI=1S/2C10H15.C2H4.2ClH.Zr/c2*1-8-5-6-9(7-8)10(2,3)4;1-2;;;/h2*5-7H,1-4H3;1-2H2;2*1H;/q2*-1;;;;+4/p-2. The van der Waals surface area contributed by atoms with Gasteiger partial charge in [0.25, 0.3) is 0 Å². The molecule has 0 unspecified atom stereocenters. The molecule has 0 fully saturated rings. The second kappa shape index (κ2) is 13.1. The van der Waals surface area contributed by atoms with Gasteiger partial charge in [0.2, 0.25) is 0 Å². The van der Waals surface area contributed by atoms with E-state index in [1.54, 1.807) is 0 Å². The molecule has 0 aliphatic carbocycles. The van der Waals surface area contributed by atoms with E-state index in [1.807, 2.05) is 0 Å². The summed E-state index contributed by atoms with van der Waals surface area (Å²) < 4.78 is 0. The van der Waals surface area contributed by atoms with Crippen molar-refractivity contribution in [2.24, 2.45) is 0 Å². The summed E-state index contributed by atoms with van der Waals surface area (Å²) in [6.45, 7) is 23.7. The monoisotopic (exact) mass is 458 g/mol. The van der Waals surface area contributed by atoms with Crippen molar-refractivity contribution < 1.29 is 20.8 Å². The van der Waals surface area contributed by atoms with Crippen molar-refractivity contribution in [2.45, 2.75) is 66.2 Å². The zero-order valence-corrected chi connectivity index (χ0v) is 21.1. The van der Waals surface area contributed by atoms with Gasteiger partial charge in [-0.25, -0.2) is 12.1 Å². The van der Waals surface area contributed by atoms with Gasteiger partial charge < -0.3 is 0 Å².